The van der Waals surface area contributed by atoms with Crippen molar-refractivity contribution in [2.45, 2.75) is 51.0 Å². The van der Waals surface area contributed by atoms with Gasteiger partial charge in [-0.3, -0.25) is 0 Å². The number of hydrogen-bond acceptors (Lipinski definition) is 5. The van der Waals surface area contributed by atoms with E-state index in [-0.39, 0.29) is 17.8 Å². The normalized spacial score (nSPS) is 20.8. The van der Waals surface area contributed by atoms with E-state index in [1.807, 2.05) is 45.0 Å². The van der Waals surface area contributed by atoms with Gasteiger partial charge in [-0.05, 0) is 81.5 Å². The molecule has 1 amide bonds. The molecule has 2 unspecified atom stereocenters. The van der Waals surface area contributed by atoms with Crippen molar-refractivity contribution in [2.24, 2.45) is 0 Å². The zero-order chi connectivity index (χ0) is 22.4. The summed E-state index contributed by atoms with van der Waals surface area (Å²) in [5.74, 6) is 1.52. The SMILES string of the molecule is CC(C)(C)OC(=O)N1CCC(c2cccc(O)c2)C1.Oc1cccc(C2CCNC2)c1. The zero-order valence-electron chi connectivity index (χ0n) is 18.7. The molecule has 2 saturated heterocycles. The minimum Gasteiger partial charge on any atom is -0.508 e. The number of likely N-dealkylation sites (tertiary alicyclic amines) is 1. The Hall–Kier alpha value is -2.73. The summed E-state index contributed by atoms with van der Waals surface area (Å²) in [6, 6.07) is 14.8. The van der Waals surface area contributed by atoms with Crippen molar-refractivity contribution in [2.75, 3.05) is 26.2 Å². The molecule has 6 heteroatoms. The lowest BCUT2D eigenvalue weighted by Gasteiger charge is -2.24. The standard InChI is InChI=1S/C15H21NO3.C10H13NO/c1-15(2,3)19-14(18)16-8-7-12(10-16)11-5-4-6-13(17)9-11;12-10-3-1-2-8(6-10)9-4-5-11-7-9/h4-6,9,12,17H,7-8,10H2,1-3H3;1-3,6,9,11-12H,4-5,7H2. The molecule has 2 fully saturated rings. The predicted molar refractivity (Wildman–Crippen MR) is 122 cm³/mol. The van der Waals surface area contributed by atoms with Crippen LogP contribution in [0, 0.1) is 0 Å². The van der Waals surface area contributed by atoms with Crippen LogP contribution in [0.4, 0.5) is 4.79 Å². The fourth-order valence-electron chi connectivity index (χ4n) is 4.02. The van der Waals surface area contributed by atoms with Crippen LogP contribution in [0.3, 0.4) is 0 Å². The summed E-state index contributed by atoms with van der Waals surface area (Å²) in [4.78, 5) is 13.7. The van der Waals surface area contributed by atoms with E-state index in [4.69, 9.17) is 4.74 Å². The van der Waals surface area contributed by atoms with Crippen LogP contribution in [0.1, 0.15) is 56.6 Å². The van der Waals surface area contributed by atoms with Crippen LogP contribution in [0.25, 0.3) is 0 Å². The van der Waals surface area contributed by atoms with E-state index in [9.17, 15) is 15.0 Å². The third-order valence-corrected chi connectivity index (χ3v) is 5.58. The second-order valence-electron chi connectivity index (χ2n) is 9.29. The summed E-state index contributed by atoms with van der Waals surface area (Å²) < 4.78 is 5.37. The molecule has 2 aromatic carbocycles. The van der Waals surface area contributed by atoms with Gasteiger partial charge in [-0.1, -0.05) is 24.3 Å². The maximum atomic E-state index is 12.0. The number of hydrogen-bond donors (Lipinski definition) is 3. The minimum atomic E-state index is -0.458. The van der Waals surface area contributed by atoms with Gasteiger partial charge < -0.3 is 25.2 Å². The highest BCUT2D eigenvalue weighted by Crippen LogP contribution is 2.30. The molecule has 2 atom stereocenters. The first-order valence-electron chi connectivity index (χ1n) is 11.0. The average Bonchev–Trinajstić information content (AvgIpc) is 3.40. The Balaban J connectivity index is 0.000000194. The third-order valence-electron chi connectivity index (χ3n) is 5.58. The summed E-state index contributed by atoms with van der Waals surface area (Å²) in [5, 5.41) is 22.1. The Morgan fingerprint density at radius 3 is 2.13 bits per heavy atom. The molecule has 0 aromatic heterocycles. The van der Waals surface area contributed by atoms with Gasteiger partial charge in [-0.25, -0.2) is 4.79 Å². The molecule has 2 aliphatic heterocycles. The van der Waals surface area contributed by atoms with Crippen molar-refractivity contribution in [3.63, 3.8) is 0 Å². The van der Waals surface area contributed by atoms with Crippen molar-refractivity contribution in [3.05, 3.63) is 59.7 Å². The fourth-order valence-corrected chi connectivity index (χ4v) is 4.02. The van der Waals surface area contributed by atoms with E-state index in [1.165, 1.54) is 12.0 Å². The van der Waals surface area contributed by atoms with E-state index in [1.54, 1.807) is 23.1 Å². The van der Waals surface area contributed by atoms with Crippen LogP contribution in [0.5, 0.6) is 11.5 Å². The van der Waals surface area contributed by atoms with Crippen LogP contribution in [-0.2, 0) is 4.74 Å². The summed E-state index contributed by atoms with van der Waals surface area (Å²) >= 11 is 0. The largest absolute Gasteiger partial charge is 0.508 e. The lowest BCUT2D eigenvalue weighted by molar-refractivity contribution is 0.0292. The average molecular weight is 427 g/mol. The second-order valence-corrected chi connectivity index (χ2v) is 9.29. The highest BCUT2D eigenvalue weighted by atomic mass is 16.6. The number of nitrogens with one attached hydrogen (secondary N) is 1. The van der Waals surface area contributed by atoms with Crippen LogP contribution in [0.2, 0.25) is 0 Å². The molecule has 0 aliphatic carbocycles. The number of carbonyl (C=O) groups excluding carboxylic acids is 1. The molecule has 2 aromatic rings. The molecule has 0 radical (unpaired) electrons. The smallest absolute Gasteiger partial charge is 0.410 e. The molecular weight excluding hydrogens is 392 g/mol. The van der Waals surface area contributed by atoms with Gasteiger partial charge in [0.1, 0.15) is 17.1 Å². The maximum Gasteiger partial charge on any atom is 0.410 e. The molecule has 2 aliphatic rings. The van der Waals surface area contributed by atoms with Crippen molar-refractivity contribution >= 4 is 6.09 Å². The zero-order valence-corrected chi connectivity index (χ0v) is 18.7. The van der Waals surface area contributed by atoms with Gasteiger partial charge in [-0.15, -0.1) is 0 Å². The van der Waals surface area contributed by atoms with Gasteiger partial charge in [-0.2, -0.15) is 0 Å². The Bertz CT molecular complexity index is 872. The van der Waals surface area contributed by atoms with E-state index >= 15 is 0 Å². The summed E-state index contributed by atoms with van der Waals surface area (Å²) in [5.41, 5.74) is 1.87. The van der Waals surface area contributed by atoms with Gasteiger partial charge in [0.2, 0.25) is 0 Å². The molecule has 0 spiro atoms. The first-order chi connectivity index (χ1) is 14.7. The topological polar surface area (TPSA) is 82.0 Å². The number of amides is 1. The van der Waals surface area contributed by atoms with Crippen LogP contribution >= 0.6 is 0 Å². The fraction of sp³-hybridized carbons (Fsp3) is 0.480. The number of aromatic hydroxyl groups is 2. The predicted octanol–water partition coefficient (Wildman–Crippen LogP) is 4.59. The molecule has 0 saturated carbocycles. The molecule has 6 nitrogen and oxygen atoms in total. The number of phenolic OH excluding ortho intramolecular Hbond substituents is 2. The first-order valence-corrected chi connectivity index (χ1v) is 11.0. The van der Waals surface area contributed by atoms with Crippen LogP contribution < -0.4 is 5.32 Å². The van der Waals surface area contributed by atoms with Crippen LogP contribution in [0.15, 0.2) is 48.5 Å². The van der Waals surface area contributed by atoms with Gasteiger partial charge in [0, 0.05) is 25.6 Å². The van der Waals surface area contributed by atoms with Crippen molar-refractivity contribution in [1.82, 2.24) is 10.2 Å². The van der Waals surface area contributed by atoms with Gasteiger partial charge >= 0.3 is 6.09 Å². The maximum absolute atomic E-state index is 12.0. The lowest BCUT2D eigenvalue weighted by atomic mass is 9.98. The van der Waals surface area contributed by atoms with Gasteiger partial charge in [0.25, 0.3) is 0 Å². The van der Waals surface area contributed by atoms with Crippen molar-refractivity contribution in [1.29, 1.82) is 0 Å². The van der Waals surface area contributed by atoms with E-state index in [2.05, 4.69) is 11.4 Å². The lowest BCUT2D eigenvalue weighted by Crippen LogP contribution is -2.35. The number of rotatable bonds is 2. The van der Waals surface area contributed by atoms with Crippen molar-refractivity contribution < 1.29 is 19.7 Å². The Kier molecular flexibility index (Phi) is 7.44. The highest BCUT2D eigenvalue weighted by Gasteiger charge is 2.30. The Morgan fingerprint density at radius 1 is 1.00 bits per heavy atom. The molecule has 3 N–H and O–H groups in total. The summed E-state index contributed by atoms with van der Waals surface area (Å²) in [6.07, 6.45) is 1.83. The molecule has 4 rings (SSSR count). The molecule has 168 valence electrons. The first kappa shape index (κ1) is 22.9. The minimum absolute atomic E-state index is 0.254. The number of benzene rings is 2. The third kappa shape index (κ3) is 6.89. The molecule has 0 bridgehead atoms. The van der Waals surface area contributed by atoms with Gasteiger partial charge in [0.05, 0.1) is 0 Å². The monoisotopic (exact) mass is 426 g/mol. The van der Waals surface area contributed by atoms with Gasteiger partial charge in [0.15, 0.2) is 0 Å². The van der Waals surface area contributed by atoms with E-state index < -0.39 is 5.60 Å². The summed E-state index contributed by atoms with van der Waals surface area (Å²) in [6.45, 7) is 9.10. The molecular formula is C25H34N2O4. The van der Waals surface area contributed by atoms with E-state index in [0.717, 1.165) is 25.1 Å². The number of carbonyl (C=O) groups is 1. The second kappa shape index (κ2) is 10.1. The molecule has 2 heterocycles. The molecule has 31 heavy (non-hydrogen) atoms. The number of nitrogens with zero attached hydrogens (tertiary/aromatic N) is 1. The number of ether oxygens (including phenoxy) is 1. The number of phenols is 2. The van der Waals surface area contributed by atoms with Crippen molar-refractivity contribution in [3.8, 4) is 11.5 Å². The van der Waals surface area contributed by atoms with E-state index in [0.29, 0.717) is 24.8 Å². The Labute approximate surface area is 184 Å². The quantitative estimate of drug-likeness (QED) is 0.655. The highest BCUT2D eigenvalue weighted by molar-refractivity contribution is 5.68. The summed E-state index contributed by atoms with van der Waals surface area (Å²) in [7, 11) is 0. The Morgan fingerprint density at radius 2 is 1.61 bits per heavy atom. The van der Waals surface area contributed by atoms with Crippen LogP contribution in [-0.4, -0.2) is 53.0 Å².